The van der Waals surface area contributed by atoms with Gasteiger partial charge < -0.3 is 15.0 Å². The second kappa shape index (κ2) is 8.29. The third kappa shape index (κ3) is 3.98. The van der Waals surface area contributed by atoms with Gasteiger partial charge in [0.15, 0.2) is 0 Å². The van der Waals surface area contributed by atoms with E-state index < -0.39 is 5.92 Å². The molecule has 1 atom stereocenters. The van der Waals surface area contributed by atoms with Gasteiger partial charge in [-0.1, -0.05) is 6.07 Å². The first kappa shape index (κ1) is 21.3. The maximum Gasteiger partial charge on any atom is 0.255 e. The Balaban J connectivity index is 1.55. The van der Waals surface area contributed by atoms with Crippen molar-refractivity contribution in [1.29, 1.82) is 0 Å². The topological polar surface area (TPSA) is 122 Å². The quantitative estimate of drug-likeness (QED) is 0.630. The lowest BCUT2D eigenvalue weighted by Crippen LogP contribution is -2.29. The largest absolute Gasteiger partial charge is 0.497 e. The molecule has 10 heteroatoms. The number of methoxy groups -OCH3 is 1. The minimum Gasteiger partial charge on any atom is -0.497 e. The van der Waals surface area contributed by atoms with E-state index in [9.17, 15) is 14.4 Å². The first-order valence-electron chi connectivity index (χ1n) is 10.2. The number of amides is 2. The zero-order valence-electron chi connectivity index (χ0n) is 18.3. The first-order chi connectivity index (χ1) is 15.3. The molecule has 32 heavy (non-hydrogen) atoms. The molecule has 10 nitrogen and oxygen atoms in total. The fourth-order valence-electron chi connectivity index (χ4n) is 3.62. The van der Waals surface area contributed by atoms with Gasteiger partial charge in [-0.15, -0.1) is 0 Å². The number of hydrogen-bond acceptors (Lipinski definition) is 6. The highest BCUT2D eigenvalue weighted by molar-refractivity contribution is 6.03. The highest BCUT2D eigenvalue weighted by Crippen LogP contribution is 2.28. The van der Waals surface area contributed by atoms with Crippen molar-refractivity contribution in [2.45, 2.75) is 27.2 Å². The zero-order valence-corrected chi connectivity index (χ0v) is 18.3. The predicted octanol–water partition coefficient (Wildman–Crippen LogP) is 1.88. The van der Waals surface area contributed by atoms with Gasteiger partial charge in [0.05, 0.1) is 18.7 Å². The van der Waals surface area contributed by atoms with E-state index in [-0.39, 0.29) is 36.3 Å². The molecule has 0 aliphatic carbocycles. The van der Waals surface area contributed by atoms with E-state index in [1.165, 1.54) is 4.68 Å². The number of hydrogen-bond donors (Lipinski definition) is 2. The molecule has 0 spiro atoms. The molecule has 1 aliphatic heterocycles. The van der Waals surface area contributed by atoms with Crippen molar-refractivity contribution in [2.24, 2.45) is 5.92 Å². The molecule has 1 aromatic carbocycles. The second-order valence-corrected chi connectivity index (χ2v) is 7.78. The summed E-state index contributed by atoms with van der Waals surface area (Å²) in [4.78, 5) is 46.4. The smallest absolute Gasteiger partial charge is 0.255 e. The Morgan fingerprint density at radius 1 is 1.22 bits per heavy atom. The van der Waals surface area contributed by atoms with Crippen molar-refractivity contribution in [3.63, 3.8) is 0 Å². The summed E-state index contributed by atoms with van der Waals surface area (Å²) in [6.45, 7) is 5.45. The van der Waals surface area contributed by atoms with Gasteiger partial charge in [-0.25, -0.2) is 4.98 Å². The molecule has 1 saturated heterocycles. The van der Waals surface area contributed by atoms with Crippen LogP contribution in [0.1, 0.15) is 23.4 Å². The molecule has 3 aromatic rings. The third-order valence-electron chi connectivity index (χ3n) is 5.53. The van der Waals surface area contributed by atoms with Crippen LogP contribution in [-0.4, -0.2) is 45.2 Å². The predicted molar refractivity (Wildman–Crippen MR) is 118 cm³/mol. The van der Waals surface area contributed by atoms with E-state index in [2.05, 4.69) is 20.4 Å². The molecular formula is C22H24N6O4. The standard InChI is InChI=1S/C22H24N6O4/c1-12-8-18(28(26-12)22-23-14(3)13(2)20(30)25-22)24-21(31)15-9-19(29)27(11-15)16-6-5-7-17(10-16)32-4/h5-8,10,15H,9,11H2,1-4H3,(H,24,31)(H,23,25,30)/t15-/m1/s1. The van der Waals surface area contributed by atoms with Gasteiger partial charge in [-0.05, 0) is 32.9 Å². The summed E-state index contributed by atoms with van der Waals surface area (Å²) in [5.41, 5.74) is 2.15. The van der Waals surface area contributed by atoms with Gasteiger partial charge in [0.1, 0.15) is 11.6 Å². The van der Waals surface area contributed by atoms with Gasteiger partial charge in [0.2, 0.25) is 17.8 Å². The molecular weight excluding hydrogens is 412 g/mol. The summed E-state index contributed by atoms with van der Waals surface area (Å²) in [6.07, 6.45) is 0.0921. The Bertz CT molecular complexity index is 1260. The van der Waals surface area contributed by atoms with E-state index in [4.69, 9.17) is 4.74 Å². The molecule has 3 heterocycles. The summed E-state index contributed by atoms with van der Waals surface area (Å²) in [5.74, 6) is 0.231. The lowest BCUT2D eigenvalue weighted by Gasteiger charge is -2.17. The number of benzene rings is 1. The van der Waals surface area contributed by atoms with Crippen molar-refractivity contribution in [3.8, 4) is 11.7 Å². The van der Waals surface area contributed by atoms with Crippen molar-refractivity contribution >= 4 is 23.3 Å². The number of nitrogens with one attached hydrogen (secondary N) is 2. The summed E-state index contributed by atoms with van der Waals surface area (Å²) in [5, 5.41) is 7.18. The van der Waals surface area contributed by atoms with Gasteiger partial charge in [0.25, 0.3) is 5.56 Å². The summed E-state index contributed by atoms with van der Waals surface area (Å²) >= 11 is 0. The van der Waals surface area contributed by atoms with Crippen LogP contribution >= 0.6 is 0 Å². The molecule has 0 saturated carbocycles. The van der Waals surface area contributed by atoms with E-state index in [1.54, 1.807) is 63.1 Å². The Kier molecular flexibility index (Phi) is 5.52. The number of carbonyl (C=O) groups excluding carboxylic acids is 2. The minimum atomic E-state index is -0.538. The monoisotopic (exact) mass is 436 g/mol. The maximum atomic E-state index is 13.0. The Labute approximate surface area is 184 Å². The van der Waals surface area contributed by atoms with Gasteiger partial charge in [-0.3, -0.25) is 19.4 Å². The number of H-pyrrole nitrogens is 1. The Morgan fingerprint density at radius 2 is 2.00 bits per heavy atom. The fourth-order valence-corrected chi connectivity index (χ4v) is 3.62. The maximum absolute atomic E-state index is 13.0. The van der Waals surface area contributed by atoms with Gasteiger partial charge in [-0.2, -0.15) is 9.78 Å². The average Bonchev–Trinajstić information content (AvgIpc) is 3.34. The molecule has 1 fully saturated rings. The lowest BCUT2D eigenvalue weighted by molar-refractivity contribution is -0.122. The number of anilines is 2. The van der Waals surface area contributed by atoms with Crippen LogP contribution in [0.25, 0.3) is 5.95 Å². The molecule has 2 amide bonds. The number of nitrogens with zero attached hydrogens (tertiary/aromatic N) is 4. The third-order valence-corrected chi connectivity index (χ3v) is 5.53. The molecule has 2 aromatic heterocycles. The molecule has 1 aliphatic rings. The summed E-state index contributed by atoms with van der Waals surface area (Å²) < 4.78 is 6.61. The van der Waals surface area contributed by atoms with Crippen LogP contribution in [0.2, 0.25) is 0 Å². The Hall–Kier alpha value is -3.95. The summed E-state index contributed by atoms with van der Waals surface area (Å²) in [6, 6.07) is 8.85. The van der Waals surface area contributed by atoms with E-state index in [1.807, 2.05) is 0 Å². The van der Waals surface area contributed by atoms with E-state index in [0.717, 1.165) is 0 Å². The van der Waals surface area contributed by atoms with E-state index >= 15 is 0 Å². The molecule has 2 N–H and O–H groups in total. The van der Waals surface area contributed by atoms with Crippen molar-refractivity contribution in [1.82, 2.24) is 19.7 Å². The first-order valence-corrected chi connectivity index (χ1v) is 10.2. The van der Waals surface area contributed by atoms with Crippen molar-refractivity contribution in [3.05, 3.63) is 57.6 Å². The number of ether oxygens (including phenoxy) is 1. The molecule has 166 valence electrons. The lowest BCUT2D eigenvalue weighted by atomic mass is 10.1. The highest BCUT2D eigenvalue weighted by Gasteiger charge is 2.35. The zero-order chi connectivity index (χ0) is 23.0. The number of carbonyl (C=O) groups is 2. The second-order valence-electron chi connectivity index (χ2n) is 7.78. The fraction of sp³-hybridized carbons (Fsp3) is 0.318. The molecule has 0 bridgehead atoms. The van der Waals surface area contributed by atoms with Crippen LogP contribution in [-0.2, 0) is 9.59 Å². The number of aryl methyl sites for hydroxylation is 2. The van der Waals surface area contributed by atoms with Crippen molar-refractivity contribution in [2.75, 3.05) is 23.9 Å². The van der Waals surface area contributed by atoms with Crippen LogP contribution in [0, 0.1) is 26.7 Å². The van der Waals surface area contributed by atoms with Gasteiger partial charge in [0, 0.05) is 42.0 Å². The number of rotatable bonds is 5. The average molecular weight is 436 g/mol. The van der Waals surface area contributed by atoms with Crippen LogP contribution in [0.4, 0.5) is 11.5 Å². The van der Waals surface area contributed by atoms with Crippen LogP contribution in [0.15, 0.2) is 35.1 Å². The van der Waals surface area contributed by atoms with Crippen molar-refractivity contribution < 1.29 is 14.3 Å². The van der Waals surface area contributed by atoms with Crippen LogP contribution < -0.4 is 20.5 Å². The number of aromatic amines is 1. The van der Waals surface area contributed by atoms with Crippen LogP contribution in [0.3, 0.4) is 0 Å². The van der Waals surface area contributed by atoms with Crippen LogP contribution in [0.5, 0.6) is 5.75 Å². The van der Waals surface area contributed by atoms with E-state index in [0.29, 0.717) is 34.2 Å². The number of aromatic nitrogens is 4. The SMILES string of the molecule is COc1cccc(N2C[C@H](C(=O)Nc3cc(C)nn3-c3nc(C)c(C)c(=O)[nH]3)CC2=O)c1. The molecule has 4 rings (SSSR count). The minimum absolute atomic E-state index is 0.0921. The summed E-state index contributed by atoms with van der Waals surface area (Å²) in [7, 11) is 1.56. The molecule has 0 radical (unpaired) electrons. The van der Waals surface area contributed by atoms with Gasteiger partial charge >= 0.3 is 0 Å². The molecule has 0 unspecified atom stereocenters. The highest BCUT2D eigenvalue weighted by atomic mass is 16.5. The normalized spacial score (nSPS) is 15.8. The Morgan fingerprint density at radius 3 is 2.72 bits per heavy atom.